The van der Waals surface area contributed by atoms with E-state index in [1.165, 1.54) is 12.3 Å². The fraction of sp³-hybridized carbons (Fsp3) is 0.200. The fourth-order valence-electron chi connectivity index (χ4n) is 2.35. The summed E-state index contributed by atoms with van der Waals surface area (Å²) in [6.45, 7) is 0.528. The van der Waals surface area contributed by atoms with Gasteiger partial charge in [-0.05, 0) is 42.3 Å². The van der Waals surface area contributed by atoms with Crippen LogP contribution in [0.1, 0.15) is 5.56 Å². The molecule has 2 rings (SSSR count). The van der Waals surface area contributed by atoms with Crippen molar-refractivity contribution in [3.63, 3.8) is 0 Å². The predicted molar refractivity (Wildman–Crippen MR) is 110 cm³/mol. The molecule has 2 N–H and O–H groups in total. The number of halogens is 2. The maximum atomic E-state index is 12.2. The van der Waals surface area contributed by atoms with Crippen LogP contribution < -0.4 is 20.1 Å². The highest BCUT2D eigenvalue weighted by atomic mass is 35.5. The van der Waals surface area contributed by atoms with Gasteiger partial charge in [0.1, 0.15) is 11.6 Å². The first-order chi connectivity index (χ1) is 13.5. The van der Waals surface area contributed by atoms with Crippen molar-refractivity contribution < 1.29 is 14.3 Å². The Morgan fingerprint density at radius 1 is 1.11 bits per heavy atom. The second-order valence-corrected chi connectivity index (χ2v) is 6.46. The van der Waals surface area contributed by atoms with Gasteiger partial charge in [0.15, 0.2) is 11.5 Å². The van der Waals surface area contributed by atoms with E-state index in [2.05, 4.69) is 10.6 Å². The summed E-state index contributed by atoms with van der Waals surface area (Å²) in [5.74, 6) is 0.763. The standard InChI is InChI=1S/C20H19Cl2N3O3/c1-27-18-6-3-13(9-19(18)28-2)7-8-24-12-14(11-23)20(26)25-15-4-5-16(21)17(22)10-15/h3-6,9-10,12,24H,7-8H2,1-2H3,(H,25,26)/b14-12-. The van der Waals surface area contributed by atoms with Crippen LogP contribution in [0.2, 0.25) is 10.0 Å². The Morgan fingerprint density at radius 2 is 1.86 bits per heavy atom. The third-order valence-corrected chi connectivity index (χ3v) is 4.53. The van der Waals surface area contributed by atoms with Crippen LogP contribution in [-0.2, 0) is 11.2 Å². The lowest BCUT2D eigenvalue weighted by Gasteiger charge is -2.10. The van der Waals surface area contributed by atoms with Crippen LogP contribution in [0.15, 0.2) is 48.2 Å². The Bertz CT molecular complexity index is 923. The molecule has 0 bridgehead atoms. The number of nitrogens with zero attached hydrogens (tertiary/aromatic N) is 1. The number of anilines is 1. The molecule has 2 aromatic carbocycles. The van der Waals surface area contributed by atoms with Gasteiger partial charge in [-0.25, -0.2) is 0 Å². The van der Waals surface area contributed by atoms with Gasteiger partial charge < -0.3 is 20.1 Å². The van der Waals surface area contributed by atoms with Crippen molar-refractivity contribution in [3.05, 3.63) is 63.8 Å². The third kappa shape index (κ3) is 5.81. The van der Waals surface area contributed by atoms with Gasteiger partial charge in [-0.3, -0.25) is 4.79 Å². The number of rotatable bonds is 8. The minimum absolute atomic E-state index is 0.0571. The molecule has 0 heterocycles. The second kappa shape index (κ2) is 10.5. The Kier molecular flexibility index (Phi) is 8.00. The molecule has 8 heteroatoms. The van der Waals surface area contributed by atoms with Crippen molar-refractivity contribution in [2.45, 2.75) is 6.42 Å². The summed E-state index contributed by atoms with van der Waals surface area (Å²) < 4.78 is 10.5. The molecule has 0 spiro atoms. The highest BCUT2D eigenvalue weighted by Crippen LogP contribution is 2.27. The van der Waals surface area contributed by atoms with E-state index in [1.807, 2.05) is 24.3 Å². The topological polar surface area (TPSA) is 83.4 Å². The number of amides is 1. The molecule has 1 amide bonds. The Hall–Kier alpha value is -2.88. The van der Waals surface area contributed by atoms with Crippen molar-refractivity contribution in [3.8, 4) is 17.6 Å². The average molecular weight is 420 g/mol. The van der Waals surface area contributed by atoms with Crippen LogP contribution >= 0.6 is 23.2 Å². The predicted octanol–water partition coefficient (Wildman–Crippen LogP) is 4.19. The van der Waals surface area contributed by atoms with Gasteiger partial charge in [0.05, 0.1) is 24.3 Å². The van der Waals surface area contributed by atoms with Crippen molar-refractivity contribution in [1.29, 1.82) is 5.26 Å². The molecule has 0 atom stereocenters. The van der Waals surface area contributed by atoms with E-state index in [1.54, 1.807) is 26.4 Å². The molecular weight excluding hydrogens is 401 g/mol. The van der Waals surface area contributed by atoms with E-state index in [0.717, 1.165) is 5.56 Å². The van der Waals surface area contributed by atoms with Crippen molar-refractivity contribution in [1.82, 2.24) is 5.32 Å². The lowest BCUT2D eigenvalue weighted by atomic mass is 10.1. The number of nitriles is 1. The van der Waals surface area contributed by atoms with Crippen molar-refractivity contribution >= 4 is 34.8 Å². The summed E-state index contributed by atoms with van der Waals surface area (Å²) in [7, 11) is 3.16. The quantitative estimate of drug-likeness (QED) is 0.380. The summed E-state index contributed by atoms with van der Waals surface area (Å²) in [5, 5.41) is 15.5. The van der Waals surface area contributed by atoms with Gasteiger partial charge in [-0.15, -0.1) is 0 Å². The van der Waals surface area contributed by atoms with Crippen molar-refractivity contribution in [2.24, 2.45) is 0 Å². The van der Waals surface area contributed by atoms with E-state index in [-0.39, 0.29) is 5.57 Å². The summed E-state index contributed by atoms with van der Waals surface area (Å²) >= 11 is 11.8. The first kappa shape index (κ1) is 21.4. The van der Waals surface area contributed by atoms with Gasteiger partial charge >= 0.3 is 0 Å². The lowest BCUT2D eigenvalue weighted by Crippen LogP contribution is -2.18. The van der Waals surface area contributed by atoms with Crippen LogP contribution in [0.3, 0.4) is 0 Å². The summed E-state index contributed by atoms with van der Waals surface area (Å²) in [5.41, 5.74) is 1.42. The van der Waals surface area contributed by atoms with E-state index < -0.39 is 5.91 Å². The van der Waals surface area contributed by atoms with E-state index in [4.69, 9.17) is 32.7 Å². The SMILES string of the molecule is COc1ccc(CCN/C=C(/C#N)C(=O)Nc2ccc(Cl)c(Cl)c2)cc1OC. The first-order valence-corrected chi connectivity index (χ1v) is 9.05. The van der Waals surface area contributed by atoms with Crippen LogP contribution in [0.25, 0.3) is 0 Å². The number of carbonyl (C=O) groups excluding carboxylic acids is 1. The monoisotopic (exact) mass is 419 g/mol. The minimum Gasteiger partial charge on any atom is -0.493 e. The average Bonchev–Trinajstić information content (AvgIpc) is 2.70. The zero-order chi connectivity index (χ0) is 20.5. The summed E-state index contributed by atoms with van der Waals surface area (Å²) in [6.07, 6.45) is 2.05. The van der Waals surface area contributed by atoms with Gasteiger partial charge in [0.25, 0.3) is 5.91 Å². The molecule has 0 aliphatic rings. The van der Waals surface area contributed by atoms with Crippen LogP contribution in [0, 0.1) is 11.3 Å². The minimum atomic E-state index is -0.542. The molecule has 0 unspecified atom stereocenters. The number of hydrogen-bond acceptors (Lipinski definition) is 5. The van der Waals surface area contributed by atoms with Gasteiger partial charge in [0, 0.05) is 18.4 Å². The molecule has 28 heavy (non-hydrogen) atoms. The maximum absolute atomic E-state index is 12.2. The number of hydrogen-bond donors (Lipinski definition) is 2. The number of benzene rings is 2. The molecule has 0 aliphatic carbocycles. The van der Waals surface area contributed by atoms with E-state index in [9.17, 15) is 10.1 Å². The highest BCUT2D eigenvalue weighted by Gasteiger charge is 2.10. The van der Waals surface area contributed by atoms with Crippen LogP contribution in [0.4, 0.5) is 5.69 Å². The highest BCUT2D eigenvalue weighted by molar-refractivity contribution is 6.42. The lowest BCUT2D eigenvalue weighted by molar-refractivity contribution is -0.112. The molecule has 0 aromatic heterocycles. The third-order valence-electron chi connectivity index (χ3n) is 3.79. The fourth-order valence-corrected chi connectivity index (χ4v) is 2.65. The molecule has 146 valence electrons. The Balaban J connectivity index is 1.93. The van der Waals surface area contributed by atoms with Crippen molar-refractivity contribution in [2.75, 3.05) is 26.1 Å². The number of ether oxygens (including phenoxy) is 2. The smallest absolute Gasteiger partial charge is 0.267 e. The molecule has 2 aromatic rings. The largest absolute Gasteiger partial charge is 0.493 e. The molecule has 0 radical (unpaired) electrons. The molecule has 0 aliphatic heterocycles. The molecular formula is C20H19Cl2N3O3. The molecule has 6 nitrogen and oxygen atoms in total. The zero-order valence-corrected chi connectivity index (χ0v) is 16.9. The summed E-state index contributed by atoms with van der Waals surface area (Å²) in [6, 6.07) is 12.2. The van der Waals surface area contributed by atoms with Gasteiger partial charge in [0.2, 0.25) is 0 Å². The molecule has 0 fully saturated rings. The van der Waals surface area contributed by atoms with Crippen LogP contribution in [-0.4, -0.2) is 26.7 Å². The van der Waals surface area contributed by atoms with Gasteiger partial charge in [-0.2, -0.15) is 5.26 Å². The Morgan fingerprint density at radius 3 is 2.50 bits per heavy atom. The molecule has 0 saturated heterocycles. The van der Waals surface area contributed by atoms with E-state index in [0.29, 0.717) is 40.2 Å². The summed E-state index contributed by atoms with van der Waals surface area (Å²) in [4.78, 5) is 12.2. The van der Waals surface area contributed by atoms with Crippen LogP contribution in [0.5, 0.6) is 11.5 Å². The normalized spacial score (nSPS) is 10.8. The van der Waals surface area contributed by atoms with Gasteiger partial charge in [-0.1, -0.05) is 29.3 Å². The first-order valence-electron chi connectivity index (χ1n) is 8.29. The Labute approximate surface area is 173 Å². The molecule has 0 saturated carbocycles. The number of methoxy groups -OCH3 is 2. The zero-order valence-electron chi connectivity index (χ0n) is 15.4. The maximum Gasteiger partial charge on any atom is 0.267 e. The number of nitrogens with one attached hydrogen (secondary N) is 2. The van der Waals surface area contributed by atoms with E-state index >= 15 is 0 Å². The second-order valence-electron chi connectivity index (χ2n) is 5.65. The number of carbonyl (C=O) groups is 1.